The average molecular weight is 463 g/mol. The SMILES string of the molecule is COc1ccc(C=CC(=O)N2CCc3c(cnc(C)c3CNC(=O)CN3CCCCC3)C2)cc1. The highest BCUT2D eigenvalue weighted by atomic mass is 16.5. The second kappa shape index (κ2) is 11.3. The van der Waals surface area contributed by atoms with Gasteiger partial charge in [0.2, 0.25) is 11.8 Å². The van der Waals surface area contributed by atoms with Crippen molar-refractivity contribution in [3.63, 3.8) is 0 Å². The molecule has 1 N–H and O–H groups in total. The average Bonchev–Trinajstić information content (AvgIpc) is 2.87. The van der Waals surface area contributed by atoms with E-state index in [1.54, 1.807) is 13.2 Å². The number of piperidine rings is 1. The number of hydrogen-bond donors (Lipinski definition) is 1. The summed E-state index contributed by atoms with van der Waals surface area (Å²) in [7, 11) is 1.63. The molecule has 2 amide bonds. The van der Waals surface area contributed by atoms with Gasteiger partial charge >= 0.3 is 0 Å². The molecule has 3 heterocycles. The van der Waals surface area contributed by atoms with Gasteiger partial charge in [0.25, 0.3) is 0 Å². The van der Waals surface area contributed by atoms with Gasteiger partial charge in [0.15, 0.2) is 0 Å². The van der Waals surface area contributed by atoms with Crippen LogP contribution < -0.4 is 10.1 Å². The van der Waals surface area contributed by atoms with Gasteiger partial charge in [-0.2, -0.15) is 0 Å². The summed E-state index contributed by atoms with van der Waals surface area (Å²) in [6.07, 6.45) is 9.69. The molecule has 180 valence electrons. The van der Waals surface area contributed by atoms with Crippen molar-refractivity contribution < 1.29 is 14.3 Å². The van der Waals surface area contributed by atoms with Crippen molar-refractivity contribution in [3.05, 3.63) is 64.5 Å². The van der Waals surface area contributed by atoms with Gasteiger partial charge in [-0.15, -0.1) is 0 Å². The fraction of sp³-hybridized carbons (Fsp3) is 0.444. The van der Waals surface area contributed by atoms with Crippen molar-refractivity contribution in [1.82, 2.24) is 20.1 Å². The number of ether oxygens (including phenoxy) is 1. The van der Waals surface area contributed by atoms with Crippen LogP contribution in [0.25, 0.3) is 6.08 Å². The quantitative estimate of drug-likeness (QED) is 0.640. The highest BCUT2D eigenvalue weighted by Crippen LogP contribution is 2.24. The monoisotopic (exact) mass is 462 g/mol. The van der Waals surface area contributed by atoms with E-state index in [1.165, 1.54) is 24.8 Å². The number of aromatic nitrogens is 1. The minimum Gasteiger partial charge on any atom is -0.497 e. The first-order valence-corrected chi connectivity index (χ1v) is 12.1. The van der Waals surface area contributed by atoms with Gasteiger partial charge in [0, 0.05) is 37.6 Å². The highest BCUT2D eigenvalue weighted by Gasteiger charge is 2.23. The summed E-state index contributed by atoms with van der Waals surface area (Å²) in [4.78, 5) is 33.9. The zero-order valence-electron chi connectivity index (χ0n) is 20.2. The van der Waals surface area contributed by atoms with Crippen molar-refractivity contribution in [3.8, 4) is 5.75 Å². The molecule has 0 saturated carbocycles. The van der Waals surface area contributed by atoms with Gasteiger partial charge in [0.1, 0.15) is 5.75 Å². The number of carbonyl (C=O) groups excluding carboxylic acids is 2. The second-order valence-corrected chi connectivity index (χ2v) is 9.06. The summed E-state index contributed by atoms with van der Waals surface area (Å²) < 4.78 is 5.18. The van der Waals surface area contributed by atoms with Crippen molar-refractivity contribution in [2.45, 2.75) is 45.7 Å². The first-order chi connectivity index (χ1) is 16.5. The van der Waals surface area contributed by atoms with Crippen LogP contribution in [0, 0.1) is 6.92 Å². The predicted molar refractivity (Wildman–Crippen MR) is 132 cm³/mol. The van der Waals surface area contributed by atoms with Crippen LogP contribution in [-0.2, 0) is 29.1 Å². The lowest BCUT2D eigenvalue weighted by molar-refractivity contribution is -0.126. The predicted octanol–water partition coefficient (Wildman–Crippen LogP) is 3.10. The third-order valence-corrected chi connectivity index (χ3v) is 6.72. The van der Waals surface area contributed by atoms with Crippen molar-refractivity contribution in [1.29, 1.82) is 0 Å². The van der Waals surface area contributed by atoms with Gasteiger partial charge in [-0.25, -0.2) is 0 Å². The Morgan fingerprint density at radius 2 is 1.88 bits per heavy atom. The Labute approximate surface area is 201 Å². The molecule has 4 rings (SSSR count). The number of likely N-dealkylation sites (tertiary alicyclic amines) is 1. The highest BCUT2D eigenvalue weighted by molar-refractivity contribution is 5.92. The minimum absolute atomic E-state index is 0.0153. The lowest BCUT2D eigenvalue weighted by Gasteiger charge is -2.30. The van der Waals surface area contributed by atoms with Crippen LogP contribution in [0.1, 0.15) is 47.2 Å². The van der Waals surface area contributed by atoms with Gasteiger partial charge in [-0.05, 0) is 79.7 Å². The molecule has 0 aliphatic carbocycles. The minimum atomic E-state index is -0.0153. The van der Waals surface area contributed by atoms with Crippen molar-refractivity contribution in [2.24, 2.45) is 0 Å². The van der Waals surface area contributed by atoms with Crippen LogP contribution >= 0.6 is 0 Å². The Balaban J connectivity index is 1.36. The van der Waals surface area contributed by atoms with E-state index in [-0.39, 0.29) is 11.8 Å². The van der Waals surface area contributed by atoms with Gasteiger partial charge in [0.05, 0.1) is 13.7 Å². The summed E-state index contributed by atoms with van der Waals surface area (Å²) in [5, 5.41) is 3.10. The van der Waals surface area contributed by atoms with E-state index in [4.69, 9.17) is 4.74 Å². The molecule has 0 spiro atoms. The molecular formula is C27H34N4O3. The number of carbonyl (C=O) groups is 2. The van der Waals surface area contributed by atoms with Crippen molar-refractivity contribution in [2.75, 3.05) is 33.3 Å². The number of nitrogens with one attached hydrogen (secondary N) is 1. The van der Waals surface area contributed by atoms with E-state index < -0.39 is 0 Å². The Morgan fingerprint density at radius 1 is 1.12 bits per heavy atom. The number of nitrogens with zero attached hydrogens (tertiary/aromatic N) is 3. The first kappa shape index (κ1) is 24.0. The number of hydrogen-bond acceptors (Lipinski definition) is 5. The van der Waals surface area contributed by atoms with E-state index in [0.29, 0.717) is 26.2 Å². The van der Waals surface area contributed by atoms with Crippen LogP contribution in [0.4, 0.5) is 0 Å². The Hall–Kier alpha value is -3.19. The molecule has 1 saturated heterocycles. The van der Waals surface area contributed by atoms with Crippen LogP contribution in [0.5, 0.6) is 5.75 Å². The molecular weight excluding hydrogens is 428 g/mol. The standard InChI is InChI=1S/C27H34N4O3/c1-20-25(17-29-26(32)19-30-13-4-3-5-14-30)24-12-15-31(18-22(24)16-28-20)27(33)11-8-21-6-9-23(34-2)10-7-21/h6-11,16H,3-5,12-15,17-19H2,1-2H3,(H,29,32). The Morgan fingerprint density at radius 3 is 2.62 bits per heavy atom. The number of pyridine rings is 1. The van der Waals surface area contributed by atoms with E-state index in [2.05, 4.69) is 15.2 Å². The van der Waals surface area contributed by atoms with E-state index in [9.17, 15) is 9.59 Å². The molecule has 34 heavy (non-hydrogen) atoms. The zero-order valence-corrected chi connectivity index (χ0v) is 20.2. The molecule has 1 aromatic heterocycles. The molecule has 0 radical (unpaired) electrons. The van der Waals surface area contributed by atoms with E-state index in [1.807, 2.05) is 48.4 Å². The molecule has 2 aromatic rings. The number of methoxy groups -OCH3 is 1. The molecule has 7 heteroatoms. The smallest absolute Gasteiger partial charge is 0.246 e. The summed E-state index contributed by atoms with van der Waals surface area (Å²) in [6.45, 7) is 6.13. The van der Waals surface area contributed by atoms with Crippen molar-refractivity contribution >= 4 is 17.9 Å². The van der Waals surface area contributed by atoms with Crippen LogP contribution in [-0.4, -0.2) is 59.9 Å². The van der Waals surface area contributed by atoms with Gasteiger partial charge in [-0.1, -0.05) is 18.6 Å². The fourth-order valence-corrected chi connectivity index (χ4v) is 4.70. The van der Waals surface area contributed by atoms with Gasteiger partial charge in [-0.3, -0.25) is 19.5 Å². The third-order valence-electron chi connectivity index (χ3n) is 6.72. The van der Waals surface area contributed by atoms with Crippen LogP contribution in [0.2, 0.25) is 0 Å². The molecule has 2 aliphatic heterocycles. The summed E-state index contributed by atoms with van der Waals surface area (Å²) >= 11 is 0. The molecule has 0 unspecified atom stereocenters. The number of amides is 2. The zero-order chi connectivity index (χ0) is 23.9. The maximum atomic E-state index is 12.8. The second-order valence-electron chi connectivity index (χ2n) is 9.06. The van der Waals surface area contributed by atoms with E-state index >= 15 is 0 Å². The summed E-state index contributed by atoms with van der Waals surface area (Å²) in [6, 6.07) is 7.60. The van der Waals surface area contributed by atoms with Crippen LogP contribution in [0.15, 0.2) is 36.5 Å². The topological polar surface area (TPSA) is 74.8 Å². The lowest BCUT2D eigenvalue weighted by atomic mass is 9.94. The Kier molecular flexibility index (Phi) is 7.95. The number of fused-ring (bicyclic) bond motifs is 1. The maximum Gasteiger partial charge on any atom is 0.246 e. The molecule has 1 aromatic carbocycles. The lowest BCUT2D eigenvalue weighted by Crippen LogP contribution is -2.40. The normalized spacial score (nSPS) is 16.4. The molecule has 1 fully saturated rings. The number of benzene rings is 1. The Bertz CT molecular complexity index is 1040. The van der Waals surface area contributed by atoms with Gasteiger partial charge < -0.3 is 15.0 Å². The molecule has 0 bridgehead atoms. The molecule has 2 aliphatic rings. The summed E-state index contributed by atoms with van der Waals surface area (Å²) in [5.41, 5.74) is 5.25. The van der Waals surface area contributed by atoms with Crippen LogP contribution in [0.3, 0.4) is 0 Å². The number of rotatable bonds is 7. The maximum absolute atomic E-state index is 12.8. The molecule has 0 atom stereocenters. The fourth-order valence-electron chi connectivity index (χ4n) is 4.70. The molecule has 7 nitrogen and oxygen atoms in total. The third kappa shape index (κ3) is 6.03. The first-order valence-electron chi connectivity index (χ1n) is 12.1. The summed E-state index contributed by atoms with van der Waals surface area (Å²) in [5.74, 6) is 0.839. The number of aryl methyl sites for hydroxylation is 1. The largest absolute Gasteiger partial charge is 0.497 e. The van der Waals surface area contributed by atoms with E-state index in [0.717, 1.165) is 47.6 Å².